The van der Waals surface area contributed by atoms with Crippen LogP contribution in [0.1, 0.15) is 43.9 Å². The highest BCUT2D eigenvalue weighted by Crippen LogP contribution is 2.14. The summed E-state index contributed by atoms with van der Waals surface area (Å²) in [5, 5.41) is 11.8. The predicted octanol–water partition coefficient (Wildman–Crippen LogP) is 2.62. The predicted molar refractivity (Wildman–Crippen MR) is 89.5 cm³/mol. The second-order valence-electron chi connectivity index (χ2n) is 6.75. The smallest absolute Gasteiger partial charge is 0.326 e. The van der Waals surface area contributed by atoms with Crippen LogP contribution in [-0.4, -0.2) is 35.2 Å². The Morgan fingerprint density at radius 1 is 1.22 bits per heavy atom. The zero-order valence-corrected chi connectivity index (χ0v) is 14.6. The van der Waals surface area contributed by atoms with Crippen molar-refractivity contribution in [1.29, 1.82) is 0 Å². The van der Waals surface area contributed by atoms with E-state index in [1.54, 1.807) is 0 Å². The van der Waals surface area contributed by atoms with Crippen molar-refractivity contribution in [2.24, 2.45) is 0 Å². The van der Waals surface area contributed by atoms with Crippen molar-refractivity contribution < 1.29 is 19.4 Å². The topological polar surface area (TPSA) is 75.6 Å². The average molecular weight is 321 g/mol. The van der Waals surface area contributed by atoms with E-state index < -0.39 is 12.0 Å². The van der Waals surface area contributed by atoms with Gasteiger partial charge in [0, 0.05) is 13.0 Å². The Kier molecular flexibility index (Phi) is 6.76. The molecule has 5 nitrogen and oxygen atoms in total. The summed E-state index contributed by atoms with van der Waals surface area (Å²) in [6, 6.07) is 4.90. The van der Waals surface area contributed by atoms with Crippen molar-refractivity contribution in [3.05, 3.63) is 34.9 Å². The summed E-state index contributed by atoms with van der Waals surface area (Å²) >= 11 is 0. The highest BCUT2D eigenvalue weighted by molar-refractivity contribution is 5.85. The Labute approximate surface area is 138 Å². The first-order chi connectivity index (χ1) is 10.6. The Bertz CT molecular complexity index is 540. The van der Waals surface area contributed by atoms with Gasteiger partial charge in [0.15, 0.2) is 0 Å². The number of rotatable bonds is 7. The molecule has 0 radical (unpaired) electrons. The number of carbonyl (C=O) groups is 2. The molecule has 0 aliphatic carbocycles. The first-order valence-corrected chi connectivity index (χ1v) is 7.81. The third kappa shape index (κ3) is 6.82. The number of benzene rings is 1. The first kappa shape index (κ1) is 19.2. The molecular weight excluding hydrogens is 294 g/mol. The number of aliphatic carboxylic acids is 1. The molecule has 1 atom stereocenters. The van der Waals surface area contributed by atoms with Gasteiger partial charge in [0.25, 0.3) is 0 Å². The lowest BCUT2D eigenvalue weighted by atomic mass is 9.99. The lowest BCUT2D eigenvalue weighted by Crippen LogP contribution is -2.42. The Morgan fingerprint density at radius 3 is 2.26 bits per heavy atom. The number of hydrogen-bond acceptors (Lipinski definition) is 3. The SMILES string of the molecule is Cc1cccc(C)c1CC(=O)NC(CCOC(C)(C)C)C(=O)O. The van der Waals surface area contributed by atoms with Gasteiger partial charge < -0.3 is 15.2 Å². The van der Waals surface area contributed by atoms with Gasteiger partial charge >= 0.3 is 5.97 Å². The van der Waals surface area contributed by atoms with E-state index in [0.717, 1.165) is 16.7 Å². The number of ether oxygens (including phenoxy) is 1. The fourth-order valence-corrected chi connectivity index (χ4v) is 2.27. The van der Waals surface area contributed by atoms with Gasteiger partial charge in [-0.2, -0.15) is 0 Å². The fraction of sp³-hybridized carbons (Fsp3) is 0.556. The molecule has 23 heavy (non-hydrogen) atoms. The second kappa shape index (κ2) is 8.11. The zero-order valence-electron chi connectivity index (χ0n) is 14.6. The van der Waals surface area contributed by atoms with Crippen LogP contribution in [-0.2, 0) is 20.7 Å². The van der Waals surface area contributed by atoms with E-state index >= 15 is 0 Å². The largest absolute Gasteiger partial charge is 0.480 e. The van der Waals surface area contributed by atoms with Crippen LogP contribution in [0.5, 0.6) is 0 Å². The van der Waals surface area contributed by atoms with E-state index in [9.17, 15) is 14.7 Å². The Hall–Kier alpha value is -1.88. The molecular formula is C18H27NO4. The molecule has 5 heteroatoms. The van der Waals surface area contributed by atoms with E-state index in [1.807, 2.05) is 52.8 Å². The molecule has 0 aromatic heterocycles. The van der Waals surface area contributed by atoms with Gasteiger partial charge in [0.2, 0.25) is 5.91 Å². The van der Waals surface area contributed by atoms with Crippen molar-refractivity contribution in [3.63, 3.8) is 0 Å². The lowest BCUT2D eigenvalue weighted by molar-refractivity contribution is -0.142. The molecule has 0 heterocycles. The third-order valence-electron chi connectivity index (χ3n) is 3.56. The van der Waals surface area contributed by atoms with E-state index in [1.165, 1.54) is 0 Å². The summed E-state index contributed by atoms with van der Waals surface area (Å²) in [7, 11) is 0. The van der Waals surface area contributed by atoms with Gasteiger partial charge in [-0.1, -0.05) is 18.2 Å². The number of carboxylic acid groups (broad SMARTS) is 1. The van der Waals surface area contributed by atoms with Gasteiger partial charge in [0.1, 0.15) is 6.04 Å². The second-order valence-corrected chi connectivity index (χ2v) is 6.75. The monoisotopic (exact) mass is 321 g/mol. The number of nitrogens with one attached hydrogen (secondary N) is 1. The molecule has 1 aromatic rings. The van der Waals surface area contributed by atoms with Crippen LogP contribution in [0.15, 0.2) is 18.2 Å². The van der Waals surface area contributed by atoms with Crippen molar-refractivity contribution in [1.82, 2.24) is 5.32 Å². The van der Waals surface area contributed by atoms with Gasteiger partial charge in [-0.15, -0.1) is 0 Å². The molecule has 0 bridgehead atoms. The van der Waals surface area contributed by atoms with Gasteiger partial charge in [0.05, 0.1) is 12.0 Å². The minimum absolute atomic E-state index is 0.183. The molecule has 1 rings (SSSR count). The summed E-state index contributed by atoms with van der Waals surface area (Å²) in [6.45, 7) is 9.89. The molecule has 1 amide bonds. The summed E-state index contributed by atoms with van der Waals surface area (Å²) < 4.78 is 5.53. The standard InChI is InChI=1S/C18H27NO4/c1-12-7-6-8-13(2)14(12)11-16(20)19-15(17(21)22)9-10-23-18(3,4)5/h6-8,15H,9-11H2,1-5H3,(H,19,20)(H,21,22). The maximum atomic E-state index is 12.2. The number of amides is 1. The first-order valence-electron chi connectivity index (χ1n) is 7.81. The van der Waals surface area contributed by atoms with Crippen molar-refractivity contribution in [2.75, 3.05) is 6.61 Å². The Balaban J connectivity index is 2.63. The summed E-state index contributed by atoms with van der Waals surface area (Å²) in [5.74, 6) is -1.33. The number of aryl methyl sites for hydroxylation is 2. The molecule has 0 spiro atoms. The van der Waals surface area contributed by atoms with Gasteiger partial charge in [-0.3, -0.25) is 4.79 Å². The van der Waals surface area contributed by atoms with Gasteiger partial charge in [-0.25, -0.2) is 4.79 Å². The van der Waals surface area contributed by atoms with Crippen molar-refractivity contribution in [3.8, 4) is 0 Å². The lowest BCUT2D eigenvalue weighted by Gasteiger charge is -2.21. The average Bonchev–Trinajstić information content (AvgIpc) is 2.40. The van der Waals surface area contributed by atoms with Crippen LogP contribution in [0.2, 0.25) is 0 Å². The molecule has 2 N–H and O–H groups in total. The van der Waals surface area contributed by atoms with E-state index in [2.05, 4.69) is 5.32 Å². The quantitative estimate of drug-likeness (QED) is 0.809. The van der Waals surface area contributed by atoms with Crippen LogP contribution in [0.3, 0.4) is 0 Å². The minimum Gasteiger partial charge on any atom is -0.480 e. The van der Waals surface area contributed by atoms with Crippen molar-refractivity contribution >= 4 is 11.9 Å². The molecule has 1 unspecified atom stereocenters. The van der Waals surface area contributed by atoms with Gasteiger partial charge in [-0.05, 0) is 51.3 Å². The molecule has 0 saturated heterocycles. The zero-order chi connectivity index (χ0) is 17.6. The molecule has 0 saturated carbocycles. The van der Waals surface area contributed by atoms with E-state index in [0.29, 0.717) is 0 Å². The molecule has 0 aliphatic heterocycles. The third-order valence-corrected chi connectivity index (χ3v) is 3.56. The number of carbonyl (C=O) groups excluding carboxylic acids is 1. The maximum Gasteiger partial charge on any atom is 0.326 e. The van der Waals surface area contributed by atoms with Crippen LogP contribution in [0.4, 0.5) is 0 Å². The molecule has 1 aromatic carbocycles. The minimum atomic E-state index is -1.04. The summed E-state index contributed by atoms with van der Waals surface area (Å²) in [4.78, 5) is 23.5. The van der Waals surface area contributed by atoms with E-state index in [4.69, 9.17) is 4.74 Å². The van der Waals surface area contributed by atoms with E-state index in [-0.39, 0.29) is 31.0 Å². The Morgan fingerprint density at radius 2 is 1.78 bits per heavy atom. The fourth-order valence-electron chi connectivity index (χ4n) is 2.27. The normalized spacial score (nSPS) is 12.7. The molecule has 0 fully saturated rings. The molecule has 128 valence electrons. The van der Waals surface area contributed by atoms with Crippen LogP contribution in [0.25, 0.3) is 0 Å². The highest BCUT2D eigenvalue weighted by atomic mass is 16.5. The molecule has 0 aliphatic rings. The number of hydrogen-bond donors (Lipinski definition) is 2. The summed E-state index contributed by atoms with van der Waals surface area (Å²) in [5.41, 5.74) is 2.68. The number of carboxylic acids is 1. The van der Waals surface area contributed by atoms with Crippen LogP contribution in [0, 0.1) is 13.8 Å². The summed E-state index contributed by atoms with van der Waals surface area (Å²) in [6.07, 6.45) is 0.424. The van der Waals surface area contributed by atoms with Crippen LogP contribution < -0.4 is 5.32 Å². The highest BCUT2D eigenvalue weighted by Gasteiger charge is 2.21. The maximum absolute atomic E-state index is 12.2. The van der Waals surface area contributed by atoms with Crippen LogP contribution >= 0.6 is 0 Å². The van der Waals surface area contributed by atoms with Crippen molar-refractivity contribution in [2.45, 2.75) is 59.1 Å².